The number of hydrogen-bond acceptors (Lipinski definition) is 5. The molecule has 0 atom stereocenters. The fourth-order valence-electron chi connectivity index (χ4n) is 2.25. The zero-order chi connectivity index (χ0) is 18.2. The molecule has 1 heterocycles. The van der Waals surface area contributed by atoms with Crippen molar-refractivity contribution in [2.75, 3.05) is 33.7 Å². The van der Waals surface area contributed by atoms with Crippen LogP contribution in [0.5, 0.6) is 0 Å². The SMILES string of the molecule is CN(C)CCNC(=O)CCNC(=O)Cn1cnc2ccccc2c1=O. The molecule has 2 N–H and O–H groups in total. The van der Waals surface area contributed by atoms with Gasteiger partial charge >= 0.3 is 0 Å². The Bertz CT molecular complexity index is 800. The Morgan fingerprint density at radius 1 is 1.12 bits per heavy atom. The molecule has 1 aromatic carbocycles. The number of para-hydroxylation sites is 1. The number of benzene rings is 1. The van der Waals surface area contributed by atoms with Crippen molar-refractivity contribution >= 4 is 22.7 Å². The van der Waals surface area contributed by atoms with Crippen molar-refractivity contribution < 1.29 is 9.59 Å². The van der Waals surface area contributed by atoms with Crippen molar-refractivity contribution in [3.63, 3.8) is 0 Å². The van der Waals surface area contributed by atoms with Crippen molar-refractivity contribution in [1.82, 2.24) is 25.1 Å². The van der Waals surface area contributed by atoms with Crippen molar-refractivity contribution in [2.24, 2.45) is 0 Å². The van der Waals surface area contributed by atoms with E-state index in [1.54, 1.807) is 24.3 Å². The molecule has 0 aliphatic rings. The molecule has 0 unspecified atom stereocenters. The van der Waals surface area contributed by atoms with E-state index in [1.165, 1.54) is 10.9 Å². The quantitative estimate of drug-likeness (QED) is 0.677. The highest BCUT2D eigenvalue weighted by molar-refractivity contribution is 5.80. The van der Waals surface area contributed by atoms with E-state index in [0.29, 0.717) is 17.4 Å². The molecule has 0 bridgehead atoms. The summed E-state index contributed by atoms with van der Waals surface area (Å²) in [4.78, 5) is 42.0. The van der Waals surface area contributed by atoms with E-state index in [0.717, 1.165) is 6.54 Å². The first-order valence-electron chi connectivity index (χ1n) is 8.09. The van der Waals surface area contributed by atoms with Gasteiger partial charge in [-0.3, -0.25) is 19.0 Å². The van der Waals surface area contributed by atoms with Gasteiger partial charge in [-0.25, -0.2) is 4.98 Å². The number of aromatic nitrogens is 2. The molecular weight excluding hydrogens is 322 g/mol. The number of carbonyl (C=O) groups is 2. The lowest BCUT2D eigenvalue weighted by atomic mass is 10.2. The van der Waals surface area contributed by atoms with Gasteiger partial charge in [-0.05, 0) is 26.2 Å². The van der Waals surface area contributed by atoms with Gasteiger partial charge in [-0.15, -0.1) is 0 Å². The van der Waals surface area contributed by atoms with Crippen LogP contribution in [0.25, 0.3) is 10.9 Å². The average Bonchev–Trinajstić information content (AvgIpc) is 2.57. The Morgan fingerprint density at radius 3 is 2.60 bits per heavy atom. The summed E-state index contributed by atoms with van der Waals surface area (Å²) in [5, 5.41) is 5.88. The van der Waals surface area contributed by atoms with Crippen molar-refractivity contribution in [3.8, 4) is 0 Å². The molecule has 2 rings (SSSR count). The lowest BCUT2D eigenvalue weighted by molar-refractivity contribution is -0.122. The summed E-state index contributed by atoms with van der Waals surface area (Å²) in [6.07, 6.45) is 1.56. The first-order chi connectivity index (χ1) is 12.0. The van der Waals surface area contributed by atoms with E-state index in [-0.39, 0.29) is 36.9 Å². The van der Waals surface area contributed by atoms with Crippen LogP contribution < -0.4 is 16.2 Å². The molecule has 0 saturated heterocycles. The molecule has 0 aliphatic carbocycles. The smallest absolute Gasteiger partial charge is 0.261 e. The normalized spacial score (nSPS) is 10.8. The van der Waals surface area contributed by atoms with Crippen LogP contribution in [0.4, 0.5) is 0 Å². The highest BCUT2D eigenvalue weighted by Gasteiger charge is 2.08. The number of nitrogens with one attached hydrogen (secondary N) is 2. The number of carbonyl (C=O) groups excluding carboxylic acids is 2. The van der Waals surface area contributed by atoms with E-state index in [4.69, 9.17) is 0 Å². The standard InChI is InChI=1S/C17H23N5O3/c1-21(2)10-9-19-15(23)7-8-18-16(24)11-22-12-20-14-6-4-3-5-13(14)17(22)25/h3-6,12H,7-11H2,1-2H3,(H,18,24)(H,19,23). The zero-order valence-electron chi connectivity index (χ0n) is 14.5. The molecule has 2 aromatic rings. The van der Waals surface area contributed by atoms with Gasteiger partial charge in [-0.2, -0.15) is 0 Å². The molecule has 0 fully saturated rings. The van der Waals surface area contributed by atoms with E-state index >= 15 is 0 Å². The highest BCUT2D eigenvalue weighted by atomic mass is 16.2. The van der Waals surface area contributed by atoms with Gasteiger partial charge < -0.3 is 15.5 Å². The first-order valence-corrected chi connectivity index (χ1v) is 8.09. The summed E-state index contributed by atoms with van der Waals surface area (Å²) < 4.78 is 1.26. The van der Waals surface area contributed by atoms with Gasteiger partial charge in [0.15, 0.2) is 0 Å². The maximum absolute atomic E-state index is 12.3. The van der Waals surface area contributed by atoms with Crippen molar-refractivity contribution in [2.45, 2.75) is 13.0 Å². The fourth-order valence-corrected chi connectivity index (χ4v) is 2.25. The van der Waals surface area contributed by atoms with Crippen LogP contribution in [-0.4, -0.2) is 60.0 Å². The number of nitrogens with zero attached hydrogens (tertiary/aromatic N) is 3. The van der Waals surface area contributed by atoms with Gasteiger partial charge in [-0.1, -0.05) is 12.1 Å². The molecule has 0 saturated carbocycles. The van der Waals surface area contributed by atoms with E-state index in [1.807, 2.05) is 19.0 Å². The Labute approximate surface area is 145 Å². The average molecular weight is 345 g/mol. The largest absolute Gasteiger partial charge is 0.355 e. The topological polar surface area (TPSA) is 96.3 Å². The molecule has 1 aromatic heterocycles. The Balaban J connectivity index is 1.80. The lowest BCUT2D eigenvalue weighted by Gasteiger charge is -2.11. The third-order valence-corrected chi connectivity index (χ3v) is 3.60. The molecule has 8 heteroatoms. The van der Waals surface area contributed by atoms with Gasteiger partial charge in [0.2, 0.25) is 11.8 Å². The van der Waals surface area contributed by atoms with Gasteiger partial charge in [0.05, 0.1) is 17.2 Å². The van der Waals surface area contributed by atoms with E-state index in [9.17, 15) is 14.4 Å². The molecular formula is C17H23N5O3. The first kappa shape index (κ1) is 18.6. The Morgan fingerprint density at radius 2 is 1.84 bits per heavy atom. The maximum atomic E-state index is 12.3. The maximum Gasteiger partial charge on any atom is 0.261 e. The fraction of sp³-hybridized carbons (Fsp3) is 0.412. The summed E-state index contributed by atoms with van der Waals surface area (Å²) in [6.45, 7) is 1.43. The zero-order valence-corrected chi connectivity index (χ0v) is 14.5. The van der Waals surface area contributed by atoms with Crippen molar-refractivity contribution in [1.29, 1.82) is 0 Å². The van der Waals surface area contributed by atoms with E-state index in [2.05, 4.69) is 15.6 Å². The predicted octanol–water partition coefficient (Wildman–Crippen LogP) is -0.419. The minimum Gasteiger partial charge on any atom is -0.355 e. The number of rotatable bonds is 8. The van der Waals surface area contributed by atoms with Crippen LogP contribution >= 0.6 is 0 Å². The summed E-state index contributed by atoms with van der Waals surface area (Å²) in [6, 6.07) is 6.98. The third-order valence-electron chi connectivity index (χ3n) is 3.60. The minimum atomic E-state index is -0.333. The van der Waals surface area contributed by atoms with Crippen LogP contribution in [0.15, 0.2) is 35.4 Å². The molecule has 2 amide bonds. The van der Waals surface area contributed by atoms with Gasteiger partial charge in [0, 0.05) is 26.1 Å². The van der Waals surface area contributed by atoms with Crippen LogP contribution in [0.2, 0.25) is 0 Å². The molecule has 134 valence electrons. The second-order valence-electron chi connectivity index (χ2n) is 5.95. The second-order valence-corrected chi connectivity index (χ2v) is 5.95. The van der Waals surface area contributed by atoms with E-state index < -0.39 is 0 Å². The summed E-state index contributed by atoms with van der Waals surface area (Å²) in [5.41, 5.74) is 0.334. The van der Waals surface area contributed by atoms with Gasteiger partial charge in [0.1, 0.15) is 6.54 Å². The van der Waals surface area contributed by atoms with Crippen LogP contribution in [0.3, 0.4) is 0 Å². The number of likely N-dealkylation sites (N-methyl/N-ethyl adjacent to an activating group) is 1. The van der Waals surface area contributed by atoms with Crippen LogP contribution in [-0.2, 0) is 16.1 Å². The summed E-state index contributed by atoms with van der Waals surface area (Å²) in [7, 11) is 3.85. The molecule has 0 aliphatic heterocycles. The molecule has 8 nitrogen and oxygen atoms in total. The molecule has 25 heavy (non-hydrogen) atoms. The third kappa shape index (κ3) is 5.68. The van der Waals surface area contributed by atoms with Gasteiger partial charge in [0.25, 0.3) is 5.56 Å². The number of hydrogen-bond donors (Lipinski definition) is 2. The van der Waals surface area contributed by atoms with Crippen LogP contribution in [0.1, 0.15) is 6.42 Å². The Kier molecular flexibility index (Phi) is 6.64. The molecule has 0 radical (unpaired) electrons. The van der Waals surface area contributed by atoms with Crippen LogP contribution in [0, 0.1) is 0 Å². The summed E-state index contributed by atoms with van der Waals surface area (Å²) in [5.74, 6) is -0.452. The highest BCUT2D eigenvalue weighted by Crippen LogP contribution is 2.04. The molecule has 0 spiro atoms. The van der Waals surface area contributed by atoms with Crippen molar-refractivity contribution in [3.05, 3.63) is 40.9 Å². The monoisotopic (exact) mass is 345 g/mol. The predicted molar refractivity (Wildman–Crippen MR) is 95.2 cm³/mol. The number of fused-ring (bicyclic) bond motifs is 1. The lowest BCUT2D eigenvalue weighted by Crippen LogP contribution is -2.36. The minimum absolute atomic E-state index is 0.119. The summed E-state index contributed by atoms with van der Waals surface area (Å²) >= 11 is 0. The second kappa shape index (κ2) is 8.93. The Hall–Kier alpha value is -2.74. The number of amides is 2.